The van der Waals surface area contributed by atoms with E-state index in [4.69, 9.17) is 0 Å². The minimum atomic E-state index is -0.842. The van der Waals surface area contributed by atoms with Gasteiger partial charge in [0.1, 0.15) is 0 Å². The topological polar surface area (TPSA) is 77.0 Å². The van der Waals surface area contributed by atoms with Crippen LogP contribution in [0.1, 0.15) is 24.3 Å². The minimum absolute atomic E-state index is 0.0224. The smallest absolute Gasteiger partial charge is 0.308 e. The Morgan fingerprint density at radius 3 is 2.50 bits per heavy atom. The molecule has 2 saturated heterocycles. The fourth-order valence-electron chi connectivity index (χ4n) is 4.08. The summed E-state index contributed by atoms with van der Waals surface area (Å²) in [6, 6.07) is 4.11. The standard InChI is InChI=1S/C19H28N4O3/c1-21-9-5-15(6-10-21)22(2)13-18(24)23-11-16(17(12-23)19(25)26)14-3-7-20-8-4-14/h3-4,7-8,15-17H,5-6,9-13H2,1-2H3,(H,25,26)/t16-,17+/m0/s1. The summed E-state index contributed by atoms with van der Waals surface area (Å²) in [5, 5.41) is 9.59. The fraction of sp³-hybridized carbons (Fsp3) is 0.632. The van der Waals surface area contributed by atoms with Crippen molar-refractivity contribution in [2.45, 2.75) is 24.8 Å². The molecule has 0 aliphatic carbocycles. The number of piperidine rings is 1. The number of carboxylic acids is 1. The first-order valence-corrected chi connectivity index (χ1v) is 9.25. The van der Waals surface area contributed by atoms with Crippen LogP contribution in [0.4, 0.5) is 0 Å². The molecular formula is C19H28N4O3. The van der Waals surface area contributed by atoms with E-state index in [1.165, 1.54) is 0 Å². The molecule has 1 aromatic heterocycles. The van der Waals surface area contributed by atoms with Gasteiger partial charge >= 0.3 is 5.97 Å². The molecule has 26 heavy (non-hydrogen) atoms. The number of carbonyl (C=O) groups is 2. The van der Waals surface area contributed by atoms with Crippen LogP contribution in [-0.4, -0.2) is 89.5 Å². The van der Waals surface area contributed by atoms with E-state index < -0.39 is 11.9 Å². The van der Waals surface area contributed by atoms with E-state index in [1.807, 2.05) is 19.2 Å². The molecule has 7 heteroatoms. The second-order valence-corrected chi connectivity index (χ2v) is 7.58. The van der Waals surface area contributed by atoms with Crippen LogP contribution in [0.2, 0.25) is 0 Å². The number of carbonyl (C=O) groups excluding carboxylic acids is 1. The van der Waals surface area contributed by atoms with Gasteiger partial charge in [-0.05, 0) is 57.7 Å². The van der Waals surface area contributed by atoms with Crippen LogP contribution in [0.5, 0.6) is 0 Å². The van der Waals surface area contributed by atoms with Crippen molar-refractivity contribution in [2.24, 2.45) is 5.92 Å². The van der Waals surface area contributed by atoms with E-state index in [9.17, 15) is 14.7 Å². The number of rotatable bonds is 5. The summed E-state index contributed by atoms with van der Waals surface area (Å²) in [6.07, 6.45) is 5.48. The van der Waals surface area contributed by atoms with E-state index in [0.29, 0.717) is 19.1 Å². The predicted octanol–water partition coefficient (Wildman–Crippen LogP) is 0.734. The number of hydrogen-bond acceptors (Lipinski definition) is 5. The average Bonchev–Trinajstić information content (AvgIpc) is 3.09. The Labute approximate surface area is 154 Å². The SMILES string of the molecule is CN1CCC(N(C)CC(=O)N2C[C@@H](C(=O)O)[C@H](c3ccncc3)C2)CC1. The van der Waals surface area contributed by atoms with Crippen molar-refractivity contribution in [1.29, 1.82) is 0 Å². The molecule has 3 heterocycles. The number of likely N-dealkylation sites (N-methyl/N-ethyl adjacent to an activating group) is 1. The lowest BCUT2D eigenvalue weighted by molar-refractivity contribution is -0.142. The lowest BCUT2D eigenvalue weighted by Gasteiger charge is -2.35. The summed E-state index contributed by atoms with van der Waals surface area (Å²) in [5.41, 5.74) is 0.936. The van der Waals surface area contributed by atoms with Gasteiger partial charge in [-0.25, -0.2) is 0 Å². The summed E-state index contributed by atoms with van der Waals surface area (Å²) in [4.78, 5) is 34.6. The summed E-state index contributed by atoms with van der Waals surface area (Å²) in [7, 11) is 4.12. The lowest BCUT2D eigenvalue weighted by Crippen LogP contribution is -2.46. The van der Waals surface area contributed by atoms with Gasteiger partial charge in [-0.1, -0.05) is 0 Å². The first kappa shape index (κ1) is 18.8. The second kappa shape index (κ2) is 8.14. The van der Waals surface area contributed by atoms with Gasteiger partial charge in [0.25, 0.3) is 0 Å². The summed E-state index contributed by atoms with van der Waals surface area (Å²) < 4.78 is 0. The van der Waals surface area contributed by atoms with Gasteiger partial charge in [0.2, 0.25) is 5.91 Å². The van der Waals surface area contributed by atoms with Crippen molar-refractivity contribution in [2.75, 3.05) is 46.8 Å². The number of pyridine rings is 1. The molecule has 0 radical (unpaired) electrons. The average molecular weight is 360 g/mol. The Hall–Kier alpha value is -1.99. The first-order chi connectivity index (χ1) is 12.5. The van der Waals surface area contributed by atoms with E-state index in [2.05, 4.69) is 21.8 Å². The zero-order valence-electron chi connectivity index (χ0n) is 15.5. The molecule has 2 atom stereocenters. The van der Waals surface area contributed by atoms with Gasteiger partial charge in [0.15, 0.2) is 0 Å². The van der Waals surface area contributed by atoms with Crippen molar-refractivity contribution >= 4 is 11.9 Å². The van der Waals surface area contributed by atoms with Crippen LogP contribution < -0.4 is 0 Å². The highest BCUT2D eigenvalue weighted by molar-refractivity contribution is 5.81. The molecule has 1 N–H and O–H groups in total. The van der Waals surface area contributed by atoms with Crippen LogP contribution in [0, 0.1) is 5.92 Å². The molecule has 2 aliphatic heterocycles. The maximum absolute atomic E-state index is 12.8. The van der Waals surface area contributed by atoms with Crippen molar-refractivity contribution < 1.29 is 14.7 Å². The number of nitrogens with zero attached hydrogens (tertiary/aromatic N) is 4. The fourth-order valence-corrected chi connectivity index (χ4v) is 4.08. The Balaban J connectivity index is 1.62. The van der Waals surface area contributed by atoms with Gasteiger partial charge in [0.05, 0.1) is 12.5 Å². The van der Waals surface area contributed by atoms with Gasteiger partial charge < -0.3 is 14.9 Å². The molecule has 7 nitrogen and oxygen atoms in total. The molecule has 0 spiro atoms. The van der Waals surface area contributed by atoms with E-state index in [1.54, 1.807) is 17.3 Å². The molecule has 1 aromatic rings. The molecule has 0 unspecified atom stereocenters. The highest BCUT2D eigenvalue weighted by Crippen LogP contribution is 2.32. The number of hydrogen-bond donors (Lipinski definition) is 1. The Kier molecular flexibility index (Phi) is 5.88. The number of carboxylic acid groups (broad SMARTS) is 1. The van der Waals surface area contributed by atoms with Crippen LogP contribution >= 0.6 is 0 Å². The molecule has 2 fully saturated rings. The minimum Gasteiger partial charge on any atom is -0.481 e. The molecule has 0 bridgehead atoms. The number of aliphatic carboxylic acids is 1. The molecule has 0 aromatic carbocycles. The second-order valence-electron chi connectivity index (χ2n) is 7.58. The van der Waals surface area contributed by atoms with Gasteiger partial charge in [-0.3, -0.25) is 19.5 Å². The Morgan fingerprint density at radius 2 is 1.88 bits per heavy atom. The van der Waals surface area contributed by atoms with E-state index in [-0.39, 0.29) is 18.4 Å². The highest BCUT2D eigenvalue weighted by Gasteiger charge is 2.40. The number of likely N-dealkylation sites (tertiary alicyclic amines) is 2. The van der Waals surface area contributed by atoms with Crippen molar-refractivity contribution in [1.82, 2.24) is 19.7 Å². The Bertz CT molecular complexity index is 631. The van der Waals surface area contributed by atoms with Crippen molar-refractivity contribution in [3.8, 4) is 0 Å². The summed E-state index contributed by atoms with van der Waals surface area (Å²) in [6.45, 7) is 3.20. The number of aromatic nitrogens is 1. The van der Waals surface area contributed by atoms with E-state index >= 15 is 0 Å². The zero-order valence-corrected chi connectivity index (χ0v) is 15.5. The van der Waals surface area contributed by atoms with Gasteiger partial charge in [-0.15, -0.1) is 0 Å². The molecule has 0 saturated carbocycles. The molecule has 142 valence electrons. The molecule has 2 aliphatic rings. The molecular weight excluding hydrogens is 332 g/mol. The van der Waals surface area contributed by atoms with Gasteiger partial charge in [0, 0.05) is 37.4 Å². The van der Waals surface area contributed by atoms with Crippen molar-refractivity contribution in [3.05, 3.63) is 30.1 Å². The summed E-state index contributed by atoms with van der Waals surface area (Å²) >= 11 is 0. The molecule has 3 rings (SSSR count). The maximum atomic E-state index is 12.8. The third kappa shape index (κ3) is 4.22. The summed E-state index contributed by atoms with van der Waals surface area (Å²) in [5.74, 6) is -1.55. The normalized spacial score (nSPS) is 25.0. The van der Waals surface area contributed by atoms with Crippen LogP contribution in [-0.2, 0) is 9.59 Å². The maximum Gasteiger partial charge on any atom is 0.308 e. The van der Waals surface area contributed by atoms with Crippen LogP contribution in [0.15, 0.2) is 24.5 Å². The third-order valence-electron chi connectivity index (χ3n) is 5.82. The predicted molar refractivity (Wildman–Crippen MR) is 97.8 cm³/mol. The Morgan fingerprint density at radius 1 is 1.23 bits per heavy atom. The van der Waals surface area contributed by atoms with Crippen LogP contribution in [0.25, 0.3) is 0 Å². The monoisotopic (exact) mass is 360 g/mol. The molecule has 1 amide bonds. The highest BCUT2D eigenvalue weighted by atomic mass is 16.4. The lowest BCUT2D eigenvalue weighted by atomic mass is 9.90. The third-order valence-corrected chi connectivity index (χ3v) is 5.82. The van der Waals surface area contributed by atoms with E-state index in [0.717, 1.165) is 31.5 Å². The van der Waals surface area contributed by atoms with Gasteiger partial charge in [-0.2, -0.15) is 0 Å². The first-order valence-electron chi connectivity index (χ1n) is 9.25. The quantitative estimate of drug-likeness (QED) is 0.834. The van der Waals surface area contributed by atoms with Crippen molar-refractivity contribution in [3.63, 3.8) is 0 Å². The van der Waals surface area contributed by atoms with Crippen LogP contribution in [0.3, 0.4) is 0 Å². The largest absolute Gasteiger partial charge is 0.481 e. The number of amides is 1. The zero-order chi connectivity index (χ0) is 18.7.